The van der Waals surface area contributed by atoms with Crippen molar-refractivity contribution in [3.05, 3.63) is 45.1 Å². The van der Waals surface area contributed by atoms with Crippen LogP contribution in [0.1, 0.15) is 38.5 Å². The summed E-state index contributed by atoms with van der Waals surface area (Å²) in [6, 6.07) is 6.94. The number of piperidine rings is 2. The third kappa shape index (κ3) is 3.45. The number of benzene rings is 2. The van der Waals surface area contributed by atoms with Gasteiger partial charge in [0.25, 0.3) is 0 Å². The lowest BCUT2D eigenvalue weighted by molar-refractivity contribution is 0.434. The summed E-state index contributed by atoms with van der Waals surface area (Å²) >= 11 is 0. The van der Waals surface area contributed by atoms with Crippen molar-refractivity contribution in [1.82, 2.24) is 9.80 Å². The predicted octanol–water partition coefficient (Wildman–Crippen LogP) is 4.78. The van der Waals surface area contributed by atoms with Crippen LogP contribution in [-0.2, 0) is 0 Å². The van der Waals surface area contributed by atoms with E-state index in [-0.39, 0.29) is 0 Å². The van der Waals surface area contributed by atoms with Crippen LogP contribution in [0.25, 0.3) is 32.7 Å². The second kappa shape index (κ2) is 7.97. The van der Waals surface area contributed by atoms with Crippen LogP contribution in [0.15, 0.2) is 52.7 Å². The quantitative estimate of drug-likeness (QED) is 0.317. The molecule has 4 heterocycles. The van der Waals surface area contributed by atoms with E-state index in [0.29, 0.717) is 44.1 Å². The summed E-state index contributed by atoms with van der Waals surface area (Å²) in [6.07, 6.45) is 6.19. The van der Waals surface area contributed by atoms with Crippen molar-refractivity contribution >= 4 is 55.8 Å². The lowest BCUT2D eigenvalue weighted by Crippen LogP contribution is -2.31. The average molecular weight is 459 g/mol. The zero-order valence-electron chi connectivity index (χ0n) is 19.4. The SMILES string of the molecule is CN1CCCCC1=Nc1cc2oc(=O)c3cc(N=C4CCCCN4C)cc4oc(=O)c(c1)c2c43. The molecule has 0 radical (unpaired) electrons. The van der Waals surface area contributed by atoms with Crippen LogP contribution < -0.4 is 11.3 Å². The monoisotopic (exact) mass is 458 g/mol. The maximum Gasteiger partial charge on any atom is 0.344 e. The van der Waals surface area contributed by atoms with Crippen LogP contribution in [0, 0.1) is 0 Å². The standard InChI is InChI=1S/C26H26N4O4/c1-29-9-5-3-7-21(29)27-15-11-17-23-19(13-15)33-26(32)18-12-16(14-20(24(18)23)34-25(17)31)28-22-8-4-6-10-30(22)2/h11-14H,3-10H2,1-2H3. The van der Waals surface area contributed by atoms with E-state index in [1.165, 1.54) is 0 Å². The molecule has 2 aliphatic rings. The number of likely N-dealkylation sites (tertiary alicyclic amines) is 2. The third-order valence-electron chi connectivity index (χ3n) is 6.95. The molecule has 0 saturated carbocycles. The Morgan fingerprint density at radius 2 is 1.12 bits per heavy atom. The van der Waals surface area contributed by atoms with Gasteiger partial charge in [0.05, 0.1) is 22.1 Å². The van der Waals surface area contributed by atoms with Crippen molar-refractivity contribution in [3.63, 3.8) is 0 Å². The summed E-state index contributed by atoms with van der Waals surface area (Å²) in [6.45, 7) is 1.90. The summed E-state index contributed by atoms with van der Waals surface area (Å²) < 4.78 is 11.4. The van der Waals surface area contributed by atoms with Gasteiger partial charge in [-0.05, 0) is 37.8 Å². The second-order valence-electron chi connectivity index (χ2n) is 9.33. The Kier molecular flexibility index (Phi) is 4.90. The Balaban J connectivity index is 1.56. The zero-order chi connectivity index (χ0) is 23.4. The van der Waals surface area contributed by atoms with Crippen molar-refractivity contribution in [1.29, 1.82) is 0 Å². The highest BCUT2D eigenvalue weighted by molar-refractivity contribution is 6.20. The van der Waals surface area contributed by atoms with Gasteiger partial charge in [0.2, 0.25) is 0 Å². The van der Waals surface area contributed by atoms with E-state index in [1.54, 1.807) is 24.3 Å². The molecule has 174 valence electrons. The maximum atomic E-state index is 13.0. The highest BCUT2D eigenvalue weighted by Gasteiger charge is 2.21. The first-order valence-electron chi connectivity index (χ1n) is 11.9. The largest absolute Gasteiger partial charge is 0.422 e. The summed E-state index contributed by atoms with van der Waals surface area (Å²) in [4.78, 5) is 39.8. The molecular weight excluding hydrogens is 432 g/mol. The van der Waals surface area contributed by atoms with Crippen molar-refractivity contribution in [2.45, 2.75) is 38.5 Å². The minimum absolute atomic E-state index is 0.344. The van der Waals surface area contributed by atoms with E-state index < -0.39 is 11.3 Å². The van der Waals surface area contributed by atoms with E-state index in [1.807, 2.05) is 14.1 Å². The number of hydrogen-bond donors (Lipinski definition) is 0. The molecule has 34 heavy (non-hydrogen) atoms. The van der Waals surface area contributed by atoms with Gasteiger partial charge in [0.15, 0.2) is 0 Å². The molecule has 2 saturated heterocycles. The normalized spacial score (nSPS) is 19.9. The number of nitrogens with zero attached hydrogens (tertiary/aromatic N) is 4. The Morgan fingerprint density at radius 3 is 1.53 bits per heavy atom. The fourth-order valence-electron chi connectivity index (χ4n) is 5.12. The first-order chi connectivity index (χ1) is 16.5. The lowest BCUT2D eigenvalue weighted by atomic mass is 10.0. The molecule has 8 nitrogen and oxygen atoms in total. The summed E-state index contributed by atoms with van der Waals surface area (Å²) in [7, 11) is 4.03. The van der Waals surface area contributed by atoms with Crippen LogP contribution >= 0.6 is 0 Å². The average Bonchev–Trinajstić information content (AvgIpc) is 2.81. The van der Waals surface area contributed by atoms with Gasteiger partial charge in [-0.2, -0.15) is 0 Å². The van der Waals surface area contributed by atoms with Gasteiger partial charge in [-0.15, -0.1) is 0 Å². The number of rotatable bonds is 2. The fraction of sp³-hybridized carbons (Fsp3) is 0.385. The van der Waals surface area contributed by atoms with E-state index in [2.05, 4.69) is 9.80 Å². The summed E-state index contributed by atoms with van der Waals surface area (Å²) in [5, 5.41) is 1.91. The highest BCUT2D eigenvalue weighted by Crippen LogP contribution is 2.36. The number of aliphatic imine (C=N–C) groups is 2. The third-order valence-corrected chi connectivity index (χ3v) is 6.95. The molecule has 0 bridgehead atoms. The van der Waals surface area contributed by atoms with Gasteiger partial charge >= 0.3 is 11.3 Å². The molecule has 0 N–H and O–H groups in total. The minimum atomic E-state index is -0.480. The zero-order valence-corrected chi connectivity index (χ0v) is 19.4. The molecule has 2 aliphatic heterocycles. The van der Waals surface area contributed by atoms with E-state index in [0.717, 1.165) is 63.3 Å². The molecule has 6 rings (SSSR count). The first kappa shape index (κ1) is 20.9. The van der Waals surface area contributed by atoms with Crippen molar-refractivity contribution in [2.24, 2.45) is 9.98 Å². The van der Waals surface area contributed by atoms with Crippen molar-refractivity contribution in [3.8, 4) is 0 Å². The van der Waals surface area contributed by atoms with Gasteiger partial charge in [-0.3, -0.25) is 0 Å². The smallest absolute Gasteiger partial charge is 0.344 e. The second-order valence-corrected chi connectivity index (χ2v) is 9.33. The van der Waals surface area contributed by atoms with Crippen molar-refractivity contribution in [2.75, 3.05) is 27.2 Å². The Morgan fingerprint density at radius 1 is 0.676 bits per heavy atom. The molecule has 2 aromatic heterocycles. The van der Waals surface area contributed by atoms with E-state index >= 15 is 0 Å². The molecule has 0 amide bonds. The topological polar surface area (TPSA) is 91.6 Å². The molecule has 0 aliphatic carbocycles. The maximum absolute atomic E-state index is 13.0. The van der Waals surface area contributed by atoms with Crippen LogP contribution in [0.3, 0.4) is 0 Å². The predicted molar refractivity (Wildman–Crippen MR) is 134 cm³/mol. The number of hydrogen-bond acceptors (Lipinski definition) is 6. The van der Waals surface area contributed by atoms with Crippen molar-refractivity contribution < 1.29 is 8.83 Å². The van der Waals surface area contributed by atoms with Gasteiger partial charge in [0.1, 0.15) is 22.8 Å². The van der Waals surface area contributed by atoms with Gasteiger partial charge < -0.3 is 18.6 Å². The number of amidine groups is 2. The molecule has 4 aromatic rings. The van der Waals surface area contributed by atoms with Gasteiger partial charge in [0, 0.05) is 62.9 Å². The molecular formula is C26H26N4O4. The van der Waals surface area contributed by atoms with E-state index in [9.17, 15) is 9.59 Å². The summed E-state index contributed by atoms with van der Waals surface area (Å²) in [5.41, 5.74) is 0.890. The van der Waals surface area contributed by atoms with Crippen LogP contribution in [-0.4, -0.2) is 48.7 Å². The van der Waals surface area contributed by atoms with Gasteiger partial charge in [-0.1, -0.05) is 0 Å². The lowest BCUT2D eigenvalue weighted by Gasteiger charge is -2.26. The fourth-order valence-corrected chi connectivity index (χ4v) is 5.12. The first-order valence-corrected chi connectivity index (χ1v) is 11.9. The molecule has 2 aromatic carbocycles. The Labute approximate surface area is 195 Å². The molecule has 2 fully saturated rings. The molecule has 0 atom stereocenters. The molecule has 0 unspecified atom stereocenters. The van der Waals surface area contributed by atoms with E-state index in [4.69, 9.17) is 18.8 Å². The minimum Gasteiger partial charge on any atom is -0.422 e. The molecule has 8 heteroatoms. The van der Waals surface area contributed by atoms with Crippen LogP contribution in [0.4, 0.5) is 11.4 Å². The van der Waals surface area contributed by atoms with Crippen LogP contribution in [0.2, 0.25) is 0 Å². The van der Waals surface area contributed by atoms with Gasteiger partial charge in [-0.25, -0.2) is 19.6 Å². The van der Waals surface area contributed by atoms with Crippen LogP contribution in [0.5, 0.6) is 0 Å². The summed E-state index contributed by atoms with van der Waals surface area (Å²) in [5.74, 6) is 1.92. The molecule has 0 spiro atoms. The Bertz CT molecular complexity index is 1480. The highest BCUT2D eigenvalue weighted by atomic mass is 16.4. The Hall–Kier alpha value is -3.68.